The highest BCUT2D eigenvalue weighted by molar-refractivity contribution is 5.83. The van der Waals surface area contributed by atoms with Crippen LogP contribution in [0.25, 0.3) is 11.0 Å². The van der Waals surface area contributed by atoms with E-state index in [4.69, 9.17) is 4.42 Å². The maximum absolute atomic E-state index is 13.3. The second-order valence-corrected chi connectivity index (χ2v) is 4.40. The van der Waals surface area contributed by atoms with E-state index in [0.717, 1.165) is 22.1 Å². The third kappa shape index (κ3) is 2.09. The maximum atomic E-state index is 13.3. The predicted molar refractivity (Wildman–Crippen MR) is 62.9 cm³/mol. The van der Waals surface area contributed by atoms with Gasteiger partial charge in [0.2, 0.25) is 0 Å². The second kappa shape index (κ2) is 4.26. The Kier molecular flexibility index (Phi) is 2.97. The summed E-state index contributed by atoms with van der Waals surface area (Å²) in [6.07, 6.45) is 1.70. The average molecular weight is 221 g/mol. The van der Waals surface area contributed by atoms with Gasteiger partial charge in [-0.15, -0.1) is 0 Å². The van der Waals surface area contributed by atoms with Crippen molar-refractivity contribution in [2.45, 2.75) is 33.4 Å². The summed E-state index contributed by atoms with van der Waals surface area (Å²) >= 11 is 0. The minimum Gasteiger partial charge on any atom is -0.464 e. The molecule has 0 aliphatic carbocycles. The van der Waals surface area contributed by atoms with E-state index >= 15 is 0 Å². The average Bonchev–Trinajstić information content (AvgIpc) is 2.58. The SMILES string of the molecule is Cc1cc(F)cc2c(CNC(C)C)coc12. The van der Waals surface area contributed by atoms with Gasteiger partial charge in [0, 0.05) is 23.5 Å². The molecule has 0 unspecified atom stereocenters. The van der Waals surface area contributed by atoms with Crippen molar-refractivity contribution < 1.29 is 8.81 Å². The smallest absolute Gasteiger partial charge is 0.137 e. The fourth-order valence-corrected chi connectivity index (χ4v) is 1.77. The molecule has 0 aliphatic heterocycles. The fourth-order valence-electron chi connectivity index (χ4n) is 1.77. The summed E-state index contributed by atoms with van der Waals surface area (Å²) in [7, 11) is 0. The molecular formula is C13H16FNO. The first-order valence-electron chi connectivity index (χ1n) is 5.47. The topological polar surface area (TPSA) is 25.2 Å². The first-order chi connectivity index (χ1) is 7.58. The molecular weight excluding hydrogens is 205 g/mol. The van der Waals surface area contributed by atoms with E-state index in [0.29, 0.717) is 12.6 Å². The van der Waals surface area contributed by atoms with Crippen LogP contribution in [0.15, 0.2) is 22.8 Å². The Morgan fingerprint density at radius 2 is 2.12 bits per heavy atom. The van der Waals surface area contributed by atoms with Crippen LogP contribution in [0.3, 0.4) is 0 Å². The molecule has 2 rings (SSSR count). The van der Waals surface area contributed by atoms with Crippen molar-refractivity contribution in [2.75, 3.05) is 0 Å². The van der Waals surface area contributed by atoms with Gasteiger partial charge in [-0.05, 0) is 24.6 Å². The van der Waals surface area contributed by atoms with Crippen LogP contribution in [0, 0.1) is 12.7 Å². The fraction of sp³-hybridized carbons (Fsp3) is 0.385. The number of rotatable bonds is 3. The summed E-state index contributed by atoms with van der Waals surface area (Å²) in [5.74, 6) is -0.211. The molecule has 3 heteroatoms. The Morgan fingerprint density at radius 1 is 1.38 bits per heavy atom. The summed E-state index contributed by atoms with van der Waals surface area (Å²) in [5, 5.41) is 4.16. The Bertz CT molecular complexity index is 502. The van der Waals surface area contributed by atoms with E-state index in [1.165, 1.54) is 12.1 Å². The van der Waals surface area contributed by atoms with Crippen LogP contribution in [-0.4, -0.2) is 6.04 Å². The lowest BCUT2D eigenvalue weighted by atomic mass is 10.1. The molecule has 0 saturated carbocycles. The molecule has 0 atom stereocenters. The Hall–Kier alpha value is -1.35. The molecule has 1 N–H and O–H groups in total. The number of furan rings is 1. The number of fused-ring (bicyclic) bond motifs is 1. The van der Waals surface area contributed by atoms with Gasteiger partial charge in [0.15, 0.2) is 0 Å². The van der Waals surface area contributed by atoms with Gasteiger partial charge < -0.3 is 9.73 Å². The van der Waals surface area contributed by atoms with E-state index < -0.39 is 0 Å². The molecule has 0 spiro atoms. The van der Waals surface area contributed by atoms with Crippen molar-refractivity contribution in [1.82, 2.24) is 5.32 Å². The largest absolute Gasteiger partial charge is 0.464 e. The molecule has 0 bridgehead atoms. The van der Waals surface area contributed by atoms with Gasteiger partial charge >= 0.3 is 0 Å². The number of aryl methyl sites for hydroxylation is 1. The quantitative estimate of drug-likeness (QED) is 0.859. The zero-order chi connectivity index (χ0) is 11.7. The van der Waals surface area contributed by atoms with Gasteiger partial charge in [0.25, 0.3) is 0 Å². The lowest BCUT2D eigenvalue weighted by Crippen LogP contribution is -2.21. The zero-order valence-corrected chi connectivity index (χ0v) is 9.80. The highest BCUT2D eigenvalue weighted by Crippen LogP contribution is 2.25. The number of nitrogens with one attached hydrogen (secondary N) is 1. The molecule has 86 valence electrons. The Morgan fingerprint density at radius 3 is 2.81 bits per heavy atom. The number of hydrogen-bond donors (Lipinski definition) is 1. The molecule has 0 aliphatic rings. The number of hydrogen-bond acceptors (Lipinski definition) is 2. The van der Waals surface area contributed by atoms with Crippen LogP contribution in [0.2, 0.25) is 0 Å². The van der Waals surface area contributed by atoms with Crippen molar-refractivity contribution in [1.29, 1.82) is 0 Å². The summed E-state index contributed by atoms with van der Waals surface area (Å²) in [6, 6.07) is 3.42. The number of benzene rings is 1. The highest BCUT2D eigenvalue weighted by atomic mass is 19.1. The van der Waals surface area contributed by atoms with Crippen molar-refractivity contribution in [3.63, 3.8) is 0 Å². The van der Waals surface area contributed by atoms with Crippen LogP contribution >= 0.6 is 0 Å². The predicted octanol–water partition coefficient (Wildman–Crippen LogP) is 3.38. The summed E-state index contributed by atoms with van der Waals surface area (Å²) in [5.41, 5.74) is 2.62. The summed E-state index contributed by atoms with van der Waals surface area (Å²) < 4.78 is 18.8. The van der Waals surface area contributed by atoms with Crippen molar-refractivity contribution in [2.24, 2.45) is 0 Å². The monoisotopic (exact) mass is 221 g/mol. The third-order valence-corrected chi connectivity index (χ3v) is 2.61. The molecule has 0 saturated heterocycles. The van der Waals surface area contributed by atoms with Gasteiger partial charge in [-0.1, -0.05) is 13.8 Å². The van der Waals surface area contributed by atoms with E-state index in [2.05, 4.69) is 19.2 Å². The minimum atomic E-state index is -0.211. The zero-order valence-electron chi connectivity index (χ0n) is 9.80. The highest BCUT2D eigenvalue weighted by Gasteiger charge is 2.09. The van der Waals surface area contributed by atoms with Crippen molar-refractivity contribution in [3.05, 3.63) is 35.3 Å². The maximum Gasteiger partial charge on any atom is 0.137 e. The van der Waals surface area contributed by atoms with Gasteiger partial charge in [-0.25, -0.2) is 4.39 Å². The normalized spacial score (nSPS) is 11.6. The van der Waals surface area contributed by atoms with Crippen LogP contribution in [0.1, 0.15) is 25.0 Å². The lowest BCUT2D eigenvalue weighted by Gasteiger charge is -2.06. The van der Waals surface area contributed by atoms with Crippen LogP contribution in [0.4, 0.5) is 4.39 Å². The first kappa shape index (κ1) is 11.1. The minimum absolute atomic E-state index is 0.211. The molecule has 1 aromatic carbocycles. The molecule has 1 heterocycles. The second-order valence-electron chi connectivity index (χ2n) is 4.40. The van der Waals surface area contributed by atoms with Crippen molar-refractivity contribution in [3.8, 4) is 0 Å². The van der Waals surface area contributed by atoms with Gasteiger partial charge in [-0.2, -0.15) is 0 Å². The molecule has 2 nitrogen and oxygen atoms in total. The van der Waals surface area contributed by atoms with Gasteiger partial charge in [0.05, 0.1) is 6.26 Å². The van der Waals surface area contributed by atoms with Crippen LogP contribution in [0.5, 0.6) is 0 Å². The summed E-state index contributed by atoms with van der Waals surface area (Å²) in [6.45, 7) is 6.71. The summed E-state index contributed by atoms with van der Waals surface area (Å²) in [4.78, 5) is 0. The lowest BCUT2D eigenvalue weighted by molar-refractivity contribution is 0.571. The Labute approximate surface area is 94.4 Å². The Balaban J connectivity index is 2.40. The van der Waals surface area contributed by atoms with Crippen LogP contribution < -0.4 is 5.32 Å². The van der Waals surface area contributed by atoms with Gasteiger partial charge in [0.1, 0.15) is 11.4 Å². The van der Waals surface area contributed by atoms with Crippen LogP contribution in [-0.2, 0) is 6.54 Å². The third-order valence-electron chi connectivity index (χ3n) is 2.61. The molecule has 0 radical (unpaired) electrons. The van der Waals surface area contributed by atoms with E-state index in [-0.39, 0.29) is 5.82 Å². The number of halogens is 1. The van der Waals surface area contributed by atoms with Crippen molar-refractivity contribution >= 4 is 11.0 Å². The molecule has 2 aromatic rings. The first-order valence-corrected chi connectivity index (χ1v) is 5.47. The van der Waals surface area contributed by atoms with E-state index in [1.54, 1.807) is 6.26 Å². The van der Waals surface area contributed by atoms with E-state index in [9.17, 15) is 4.39 Å². The molecule has 0 fully saturated rings. The molecule has 0 amide bonds. The standard InChI is InChI=1S/C13H16FNO/c1-8(2)15-6-10-7-16-13-9(3)4-11(14)5-12(10)13/h4-5,7-8,15H,6H2,1-3H3. The van der Waals surface area contributed by atoms with Gasteiger partial charge in [-0.3, -0.25) is 0 Å². The van der Waals surface area contributed by atoms with E-state index in [1.807, 2.05) is 6.92 Å². The molecule has 16 heavy (non-hydrogen) atoms. The molecule has 1 aromatic heterocycles.